The average molecular weight is 304 g/mol. The number of carboxylic acids is 1. The fourth-order valence-electron chi connectivity index (χ4n) is 1.69. The van der Waals surface area contributed by atoms with Gasteiger partial charge in [-0.25, -0.2) is 0 Å². The van der Waals surface area contributed by atoms with E-state index < -0.39 is 11.9 Å². The Bertz CT molecular complexity index is 476. The van der Waals surface area contributed by atoms with Crippen molar-refractivity contribution in [1.29, 1.82) is 0 Å². The second-order valence-corrected chi connectivity index (χ2v) is 4.34. The highest BCUT2D eigenvalue weighted by Gasteiger charge is 2.32. The number of nitrogens with two attached hydrogens (primary N) is 1. The number of fused-ring (bicyclic) bond motifs is 1. The van der Waals surface area contributed by atoms with Gasteiger partial charge in [-0.3, -0.25) is 4.79 Å². The number of aliphatic carboxylic acids is 1. The number of halogens is 1. The van der Waals surface area contributed by atoms with Gasteiger partial charge < -0.3 is 25.4 Å². The van der Waals surface area contributed by atoms with Crippen LogP contribution in [0.15, 0.2) is 10.5 Å². The van der Waals surface area contributed by atoms with Gasteiger partial charge in [0.1, 0.15) is 11.7 Å². The summed E-state index contributed by atoms with van der Waals surface area (Å²) in [6, 6.07) is 1.52. The van der Waals surface area contributed by atoms with Crippen LogP contribution in [0.5, 0.6) is 17.2 Å². The highest BCUT2D eigenvalue weighted by atomic mass is 79.9. The zero-order valence-corrected chi connectivity index (χ0v) is 10.2. The highest BCUT2D eigenvalue weighted by molar-refractivity contribution is 9.10. The van der Waals surface area contributed by atoms with Crippen LogP contribution in [0.25, 0.3) is 0 Å². The summed E-state index contributed by atoms with van der Waals surface area (Å²) < 4.78 is 10.7. The highest BCUT2D eigenvalue weighted by Crippen LogP contribution is 2.47. The molecule has 17 heavy (non-hydrogen) atoms. The molecule has 0 saturated heterocycles. The van der Waals surface area contributed by atoms with Crippen LogP contribution in [0, 0.1) is 0 Å². The van der Waals surface area contributed by atoms with Crippen LogP contribution in [-0.4, -0.2) is 29.5 Å². The van der Waals surface area contributed by atoms with Crippen LogP contribution < -0.4 is 15.2 Å². The number of benzene rings is 1. The summed E-state index contributed by atoms with van der Waals surface area (Å²) in [5, 5.41) is 19.0. The first kappa shape index (κ1) is 12.0. The van der Waals surface area contributed by atoms with E-state index in [9.17, 15) is 9.90 Å². The molecule has 0 aromatic heterocycles. The molecule has 92 valence electrons. The number of hydrogen-bond donors (Lipinski definition) is 3. The van der Waals surface area contributed by atoms with Crippen LogP contribution in [-0.2, 0) is 4.79 Å². The summed E-state index contributed by atoms with van der Waals surface area (Å²) >= 11 is 3.13. The van der Waals surface area contributed by atoms with Gasteiger partial charge in [0.05, 0.1) is 10.0 Å². The van der Waals surface area contributed by atoms with E-state index in [1.54, 1.807) is 0 Å². The van der Waals surface area contributed by atoms with E-state index in [4.69, 9.17) is 20.3 Å². The molecule has 0 radical (unpaired) electrons. The van der Waals surface area contributed by atoms with E-state index in [-0.39, 0.29) is 30.4 Å². The van der Waals surface area contributed by atoms with E-state index in [1.807, 2.05) is 0 Å². The van der Waals surface area contributed by atoms with E-state index in [0.29, 0.717) is 10.2 Å². The number of carbonyl (C=O) groups is 1. The van der Waals surface area contributed by atoms with Crippen LogP contribution in [0.1, 0.15) is 11.5 Å². The molecule has 4 N–H and O–H groups in total. The third-order valence-electron chi connectivity index (χ3n) is 2.51. The lowest BCUT2D eigenvalue weighted by Gasteiger charge is -2.15. The summed E-state index contributed by atoms with van der Waals surface area (Å²) in [6.07, 6.45) is 0. The number of ether oxygens (including phenoxy) is 2. The molecule has 6 nitrogen and oxygen atoms in total. The molecule has 7 heteroatoms. The van der Waals surface area contributed by atoms with Crippen molar-refractivity contribution in [3.8, 4) is 17.2 Å². The first-order chi connectivity index (χ1) is 8.06. The molecule has 1 aromatic rings. The molecule has 1 atom stereocenters. The zero-order valence-electron chi connectivity index (χ0n) is 8.64. The van der Waals surface area contributed by atoms with Gasteiger partial charge >= 0.3 is 5.97 Å². The van der Waals surface area contributed by atoms with Crippen molar-refractivity contribution in [2.45, 2.75) is 5.92 Å². The van der Waals surface area contributed by atoms with Crippen molar-refractivity contribution < 1.29 is 24.5 Å². The summed E-state index contributed by atoms with van der Waals surface area (Å²) in [7, 11) is 0. The molecule has 0 spiro atoms. The average Bonchev–Trinajstić information content (AvgIpc) is 2.71. The van der Waals surface area contributed by atoms with Crippen molar-refractivity contribution in [2.24, 2.45) is 5.73 Å². The molecule has 1 aliphatic heterocycles. The summed E-state index contributed by atoms with van der Waals surface area (Å²) in [5.74, 6) is -1.72. The first-order valence-corrected chi connectivity index (χ1v) is 5.59. The minimum atomic E-state index is -1.13. The maximum atomic E-state index is 11.1. The molecule has 1 heterocycles. The van der Waals surface area contributed by atoms with Crippen LogP contribution in [0.2, 0.25) is 0 Å². The topological polar surface area (TPSA) is 102 Å². The lowest BCUT2D eigenvalue weighted by Crippen LogP contribution is -2.21. The van der Waals surface area contributed by atoms with E-state index in [2.05, 4.69) is 15.9 Å². The Kier molecular flexibility index (Phi) is 3.12. The minimum Gasteiger partial charge on any atom is -0.506 e. The predicted molar refractivity (Wildman–Crippen MR) is 61.4 cm³/mol. The summed E-state index contributed by atoms with van der Waals surface area (Å²) in [6.45, 7) is -0.149. The van der Waals surface area contributed by atoms with Crippen LogP contribution in [0.3, 0.4) is 0 Å². The van der Waals surface area contributed by atoms with Gasteiger partial charge in [-0.05, 0) is 15.9 Å². The Balaban J connectivity index is 2.63. The molecule has 0 bridgehead atoms. The molecular formula is C10H10BrNO5. The molecule has 1 aliphatic rings. The Hall–Kier alpha value is -1.47. The van der Waals surface area contributed by atoms with Crippen molar-refractivity contribution >= 4 is 21.9 Å². The summed E-state index contributed by atoms with van der Waals surface area (Å²) in [5.41, 5.74) is 5.56. The molecule has 1 unspecified atom stereocenters. The van der Waals surface area contributed by atoms with Crippen LogP contribution in [0.4, 0.5) is 0 Å². The smallest absolute Gasteiger partial charge is 0.312 e. The van der Waals surface area contributed by atoms with Crippen molar-refractivity contribution in [3.05, 3.63) is 16.1 Å². The number of phenolic OH excluding ortho intramolecular Hbond substituents is 1. The maximum absolute atomic E-state index is 11.1. The summed E-state index contributed by atoms with van der Waals surface area (Å²) in [4.78, 5) is 11.1. The second kappa shape index (κ2) is 4.42. The van der Waals surface area contributed by atoms with Crippen molar-refractivity contribution in [1.82, 2.24) is 0 Å². The quantitative estimate of drug-likeness (QED) is 0.770. The number of aromatic hydroxyl groups is 1. The number of rotatable bonds is 3. The first-order valence-electron chi connectivity index (χ1n) is 4.80. The molecular weight excluding hydrogens is 294 g/mol. The van der Waals surface area contributed by atoms with Gasteiger partial charge in [0.2, 0.25) is 6.79 Å². The largest absolute Gasteiger partial charge is 0.506 e. The predicted octanol–water partition coefficient (Wildman–Crippen LogP) is 1.01. The third kappa shape index (κ3) is 1.91. The number of carboxylic acid groups (broad SMARTS) is 1. The second-order valence-electron chi connectivity index (χ2n) is 3.48. The molecule has 0 amide bonds. The van der Waals surface area contributed by atoms with Crippen LogP contribution >= 0.6 is 15.9 Å². The van der Waals surface area contributed by atoms with Gasteiger partial charge in [-0.1, -0.05) is 0 Å². The van der Waals surface area contributed by atoms with Gasteiger partial charge in [0, 0.05) is 12.6 Å². The Morgan fingerprint density at radius 3 is 2.88 bits per heavy atom. The van der Waals surface area contributed by atoms with Gasteiger partial charge in [0.25, 0.3) is 0 Å². The standard InChI is InChI=1S/C10H10BrNO5/c11-5-1-6-9(17-3-16-6)7(8(5)13)4(2-12)10(14)15/h1,4,13H,2-3,12H2,(H,14,15). The maximum Gasteiger partial charge on any atom is 0.312 e. The lowest BCUT2D eigenvalue weighted by molar-refractivity contribution is -0.138. The molecule has 0 saturated carbocycles. The molecule has 0 fully saturated rings. The number of hydrogen-bond acceptors (Lipinski definition) is 5. The van der Waals surface area contributed by atoms with Gasteiger partial charge in [-0.2, -0.15) is 0 Å². The molecule has 1 aromatic carbocycles. The Labute approximate surface area is 105 Å². The fraction of sp³-hybridized carbons (Fsp3) is 0.300. The molecule has 2 rings (SSSR count). The van der Waals surface area contributed by atoms with E-state index in [1.165, 1.54) is 6.07 Å². The third-order valence-corrected chi connectivity index (χ3v) is 3.11. The van der Waals surface area contributed by atoms with Crippen molar-refractivity contribution in [3.63, 3.8) is 0 Å². The monoisotopic (exact) mass is 303 g/mol. The van der Waals surface area contributed by atoms with E-state index in [0.717, 1.165) is 0 Å². The normalized spacial score (nSPS) is 14.7. The van der Waals surface area contributed by atoms with Gasteiger partial charge in [0.15, 0.2) is 11.5 Å². The lowest BCUT2D eigenvalue weighted by atomic mass is 9.97. The van der Waals surface area contributed by atoms with Crippen molar-refractivity contribution in [2.75, 3.05) is 13.3 Å². The minimum absolute atomic E-state index is 0.00482. The Morgan fingerprint density at radius 1 is 1.59 bits per heavy atom. The fourth-order valence-corrected chi connectivity index (χ4v) is 2.11. The number of phenols is 1. The zero-order chi connectivity index (χ0) is 12.6. The van der Waals surface area contributed by atoms with E-state index >= 15 is 0 Å². The molecule has 0 aliphatic carbocycles. The Morgan fingerprint density at radius 2 is 2.29 bits per heavy atom. The van der Waals surface area contributed by atoms with Gasteiger partial charge in [-0.15, -0.1) is 0 Å². The SMILES string of the molecule is NCC(C(=O)O)c1c(O)c(Br)cc2c1OCO2.